The van der Waals surface area contributed by atoms with Crippen LogP contribution in [0.4, 0.5) is 0 Å². The number of hydrogen-bond donors (Lipinski definition) is 0. The summed E-state index contributed by atoms with van der Waals surface area (Å²) in [6.45, 7) is 2.80. The van der Waals surface area contributed by atoms with Crippen LogP contribution < -0.4 is 24.0 Å². The van der Waals surface area contributed by atoms with Crippen LogP contribution in [0.25, 0.3) is 0 Å². The topological polar surface area (TPSA) is 26.3 Å². The molecule has 0 saturated heterocycles. The molecule has 0 aliphatic carbocycles. The van der Waals surface area contributed by atoms with Gasteiger partial charge in [-0.2, -0.15) is 0 Å². The smallest absolute Gasteiger partial charge is 0.302 e. The second-order valence-electron chi connectivity index (χ2n) is 3.35. The fourth-order valence-electron chi connectivity index (χ4n) is 0.463. The first-order valence-corrected chi connectivity index (χ1v) is 3.35. The Morgan fingerprint density at radius 2 is 1.75 bits per heavy atom. The molecule has 0 N–H and O–H groups in total. The summed E-state index contributed by atoms with van der Waals surface area (Å²) in [6.07, 6.45) is 0. The standard InChI is InChI=1S/C7H16NO2.B.HI/c1-7(9)10-6-5-8(2,3)4;;/h5-6H2,1-4H3;;1H/q+1;;/p-1. The Hall–Kier alpha value is 0.225. The van der Waals surface area contributed by atoms with Gasteiger partial charge in [-0.3, -0.25) is 4.79 Å². The molecule has 0 aromatic rings. The molecular formula is C7H16BINO2. The van der Waals surface area contributed by atoms with Crippen molar-refractivity contribution in [2.24, 2.45) is 0 Å². The summed E-state index contributed by atoms with van der Waals surface area (Å²) in [5.74, 6) is -0.201. The highest BCUT2D eigenvalue weighted by Gasteiger charge is 2.06. The number of quaternary nitrogens is 1. The SMILES string of the molecule is CC(=O)OCC[N+](C)(C)C.[B].[I-]. The van der Waals surface area contributed by atoms with Crippen molar-refractivity contribution < 1.29 is 38.0 Å². The molecule has 0 aliphatic heterocycles. The summed E-state index contributed by atoms with van der Waals surface area (Å²) in [5, 5.41) is 0. The normalized spacial score (nSPS) is 9.33. The maximum absolute atomic E-state index is 10.3. The molecule has 5 heteroatoms. The zero-order valence-corrected chi connectivity index (χ0v) is 10.3. The largest absolute Gasteiger partial charge is 1.00 e. The zero-order chi connectivity index (χ0) is 8.20. The van der Waals surface area contributed by atoms with Gasteiger partial charge in [-0.25, -0.2) is 0 Å². The van der Waals surface area contributed by atoms with Crippen LogP contribution in [0.2, 0.25) is 0 Å². The Morgan fingerprint density at radius 1 is 1.33 bits per heavy atom. The van der Waals surface area contributed by atoms with Gasteiger partial charge in [0.1, 0.15) is 13.2 Å². The molecule has 0 rings (SSSR count). The van der Waals surface area contributed by atoms with E-state index in [2.05, 4.69) is 21.1 Å². The van der Waals surface area contributed by atoms with Crippen LogP contribution in [0.1, 0.15) is 6.92 Å². The molecule has 0 fully saturated rings. The number of carbonyl (C=O) groups excluding carboxylic acids is 1. The lowest BCUT2D eigenvalue weighted by molar-refractivity contribution is -0.870. The number of halogens is 1. The van der Waals surface area contributed by atoms with Gasteiger partial charge in [0.25, 0.3) is 0 Å². The van der Waals surface area contributed by atoms with Gasteiger partial charge >= 0.3 is 5.97 Å². The Kier molecular flexibility index (Phi) is 11.8. The van der Waals surface area contributed by atoms with Crippen molar-refractivity contribution in [3.05, 3.63) is 0 Å². The third-order valence-corrected chi connectivity index (χ3v) is 1.07. The van der Waals surface area contributed by atoms with Gasteiger partial charge in [0, 0.05) is 15.3 Å². The molecule has 0 aliphatic rings. The molecule has 71 valence electrons. The number of carbonyl (C=O) groups is 1. The predicted molar refractivity (Wildman–Crippen MR) is 45.3 cm³/mol. The fraction of sp³-hybridized carbons (Fsp3) is 0.857. The van der Waals surface area contributed by atoms with Gasteiger partial charge in [0.2, 0.25) is 0 Å². The number of esters is 1. The average molecular weight is 284 g/mol. The van der Waals surface area contributed by atoms with Gasteiger partial charge in [-0.05, 0) is 0 Å². The number of rotatable bonds is 3. The van der Waals surface area contributed by atoms with E-state index >= 15 is 0 Å². The van der Waals surface area contributed by atoms with Crippen molar-refractivity contribution in [3.63, 3.8) is 0 Å². The maximum atomic E-state index is 10.3. The first kappa shape index (κ1) is 18.1. The van der Waals surface area contributed by atoms with Gasteiger partial charge in [0.05, 0.1) is 21.1 Å². The Labute approximate surface area is 93.6 Å². The van der Waals surface area contributed by atoms with E-state index in [4.69, 9.17) is 4.74 Å². The van der Waals surface area contributed by atoms with E-state index in [9.17, 15) is 4.79 Å². The molecule has 0 amide bonds. The lowest BCUT2D eigenvalue weighted by Crippen LogP contribution is -3.00. The van der Waals surface area contributed by atoms with Crippen LogP contribution >= 0.6 is 0 Å². The molecule has 0 unspecified atom stereocenters. The van der Waals surface area contributed by atoms with Crippen molar-refractivity contribution in [1.29, 1.82) is 0 Å². The zero-order valence-electron chi connectivity index (χ0n) is 8.13. The molecule has 0 spiro atoms. The molecule has 0 heterocycles. The predicted octanol–water partition coefficient (Wildman–Crippen LogP) is -3.12. The van der Waals surface area contributed by atoms with Crippen LogP contribution in [0.5, 0.6) is 0 Å². The molecule has 3 radical (unpaired) electrons. The minimum atomic E-state index is -0.201. The maximum Gasteiger partial charge on any atom is 0.302 e. The molecule has 0 atom stereocenters. The second kappa shape index (κ2) is 7.85. The van der Waals surface area contributed by atoms with Crippen molar-refractivity contribution in [3.8, 4) is 0 Å². The van der Waals surface area contributed by atoms with E-state index in [1.54, 1.807) is 0 Å². The molecular weight excluding hydrogens is 268 g/mol. The second-order valence-corrected chi connectivity index (χ2v) is 3.35. The number of hydrogen-bond acceptors (Lipinski definition) is 2. The summed E-state index contributed by atoms with van der Waals surface area (Å²) >= 11 is 0. The van der Waals surface area contributed by atoms with Crippen LogP contribution in [0, 0.1) is 0 Å². The molecule has 0 bridgehead atoms. The van der Waals surface area contributed by atoms with Gasteiger partial charge in [0.15, 0.2) is 0 Å². The Morgan fingerprint density at radius 3 is 2.00 bits per heavy atom. The van der Waals surface area contributed by atoms with E-state index in [0.717, 1.165) is 11.0 Å². The summed E-state index contributed by atoms with van der Waals surface area (Å²) in [6, 6.07) is 0. The van der Waals surface area contributed by atoms with Gasteiger partial charge < -0.3 is 33.2 Å². The highest BCUT2D eigenvalue weighted by Crippen LogP contribution is 1.88. The molecule has 0 aromatic carbocycles. The number of ether oxygens (including phenoxy) is 1. The minimum Gasteiger partial charge on any atom is -1.00 e. The third-order valence-electron chi connectivity index (χ3n) is 1.07. The van der Waals surface area contributed by atoms with Crippen molar-refractivity contribution in [2.75, 3.05) is 34.3 Å². The lowest BCUT2D eigenvalue weighted by Gasteiger charge is -2.23. The average Bonchev–Trinajstić information content (AvgIpc) is 1.59. The molecule has 12 heavy (non-hydrogen) atoms. The first-order valence-electron chi connectivity index (χ1n) is 3.35. The third kappa shape index (κ3) is 16.7. The molecule has 3 nitrogen and oxygen atoms in total. The highest BCUT2D eigenvalue weighted by molar-refractivity contribution is 5.75. The highest BCUT2D eigenvalue weighted by atomic mass is 127. The van der Waals surface area contributed by atoms with E-state index in [1.807, 2.05) is 0 Å². The van der Waals surface area contributed by atoms with Crippen LogP contribution in [-0.4, -0.2) is 53.2 Å². The Balaban J connectivity index is -0.000000405. The Bertz CT molecular complexity index is 125. The van der Waals surface area contributed by atoms with Crippen molar-refractivity contribution in [1.82, 2.24) is 0 Å². The number of nitrogens with zero attached hydrogens (tertiary/aromatic N) is 1. The summed E-state index contributed by atoms with van der Waals surface area (Å²) in [4.78, 5) is 10.3. The minimum absolute atomic E-state index is 0. The quantitative estimate of drug-likeness (QED) is 0.237. The van der Waals surface area contributed by atoms with E-state index < -0.39 is 0 Å². The van der Waals surface area contributed by atoms with Crippen LogP contribution in [0.15, 0.2) is 0 Å². The summed E-state index contributed by atoms with van der Waals surface area (Å²) in [7, 11) is 6.18. The fourth-order valence-corrected chi connectivity index (χ4v) is 0.463. The van der Waals surface area contributed by atoms with E-state index in [0.29, 0.717) is 6.61 Å². The lowest BCUT2D eigenvalue weighted by atomic mass is 10.5. The molecule has 0 saturated carbocycles. The summed E-state index contributed by atoms with van der Waals surface area (Å²) < 4.78 is 5.59. The van der Waals surface area contributed by atoms with E-state index in [-0.39, 0.29) is 38.4 Å². The van der Waals surface area contributed by atoms with Crippen molar-refractivity contribution in [2.45, 2.75) is 6.92 Å². The molecule has 0 aromatic heterocycles. The van der Waals surface area contributed by atoms with Crippen molar-refractivity contribution >= 4 is 14.4 Å². The van der Waals surface area contributed by atoms with Crippen LogP contribution in [-0.2, 0) is 9.53 Å². The first-order chi connectivity index (χ1) is 4.42. The van der Waals surface area contributed by atoms with E-state index in [1.165, 1.54) is 6.92 Å². The monoisotopic (exact) mass is 284 g/mol. The summed E-state index contributed by atoms with van der Waals surface area (Å²) in [5.41, 5.74) is 0. The number of likely N-dealkylation sites (N-methyl/N-ethyl adjacent to an activating group) is 1. The van der Waals surface area contributed by atoms with Gasteiger partial charge in [-0.1, -0.05) is 0 Å². The van der Waals surface area contributed by atoms with Crippen LogP contribution in [0.3, 0.4) is 0 Å². The van der Waals surface area contributed by atoms with Gasteiger partial charge in [-0.15, -0.1) is 0 Å².